The molecule has 1 saturated heterocycles. The number of hydrogen-bond donors (Lipinski definition) is 0. The maximum absolute atomic E-state index is 12.1. The normalized spacial score (nSPS) is 16.9. The summed E-state index contributed by atoms with van der Waals surface area (Å²) in [5.41, 5.74) is 1.09. The van der Waals surface area contributed by atoms with Gasteiger partial charge in [0, 0.05) is 29.7 Å². The zero-order valence-corrected chi connectivity index (χ0v) is 12.4. The Morgan fingerprint density at radius 3 is 3.00 bits per heavy atom. The van der Waals surface area contributed by atoms with Crippen LogP contribution in [0.1, 0.15) is 19.0 Å². The molecule has 0 aliphatic carbocycles. The van der Waals surface area contributed by atoms with E-state index in [1.807, 2.05) is 25.3 Å². The summed E-state index contributed by atoms with van der Waals surface area (Å²) in [4.78, 5) is 28.6. The van der Waals surface area contributed by atoms with E-state index in [1.54, 1.807) is 0 Å². The number of rotatable bonds is 5. The molecular weight excluding hydrogens is 312 g/mol. The van der Waals surface area contributed by atoms with Crippen LogP contribution in [-0.4, -0.2) is 33.4 Å². The third kappa shape index (κ3) is 3.25. The second kappa shape index (κ2) is 6.34. The van der Waals surface area contributed by atoms with Crippen molar-refractivity contribution in [2.45, 2.75) is 26.3 Å². The van der Waals surface area contributed by atoms with Crippen molar-refractivity contribution in [3.8, 4) is 0 Å². The number of carbonyl (C=O) groups excluding carboxylic acids is 2. The van der Waals surface area contributed by atoms with E-state index in [9.17, 15) is 9.59 Å². The van der Waals surface area contributed by atoms with Crippen molar-refractivity contribution in [3.05, 3.63) is 24.0 Å². The molecule has 0 saturated carbocycles. The number of carbonyl (C=O) groups is 2. The van der Waals surface area contributed by atoms with Crippen molar-refractivity contribution in [1.82, 2.24) is 9.63 Å². The molecule has 2 heterocycles. The number of nitrogens with zero attached hydrogens (tertiary/aromatic N) is 2. The molecule has 0 radical (unpaired) electrons. The number of amides is 2. The van der Waals surface area contributed by atoms with E-state index in [-0.39, 0.29) is 17.7 Å². The zero-order chi connectivity index (χ0) is 13.8. The molecule has 19 heavy (non-hydrogen) atoms. The van der Waals surface area contributed by atoms with Crippen LogP contribution in [0.25, 0.3) is 0 Å². The Kier molecular flexibility index (Phi) is 4.76. The minimum Gasteiger partial charge on any atom is -0.351 e. The van der Waals surface area contributed by atoms with Gasteiger partial charge in [0.25, 0.3) is 11.8 Å². The van der Waals surface area contributed by atoms with Gasteiger partial charge in [-0.15, -0.1) is 0 Å². The summed E-state index contributed by atoms with van der Waals surface area (Å²) in [6, 6.07) is 3.96. The SMILES string of the molecule is C[C@H](Cc1cccn1CCBr)C(=O)N1OCCC1=O. The highest BCUT2D eigenvalue weighted by Gasteiger charge is 2.31. The lowest BCUT2D eigenvalue weighted by Gasteiger charge is -2.18. The van der Waals surface area contributed by atoms with Crippen molar-refractivity contribution in [2.75, 3.05) is 11.9 Å². The first-order valence-corrected chi connectivity index (χ1v) is 7.45. The molecule has 104 valence electrons. The molecule has 1 aromatic rings. The Morgan fingerprint density at radius 2 is 2.37 bits per heavy atom. The van der Waals surface area contributed by atoms with Gasteiger partial charge in [-0.05, 0) is 18.6 Å². The van der Waals surface area contributed by atoms with E-state index in [0.29, 0.717) is 19.4 Å². The van der Waals surface area contributed by atoms with Crippen LogP contribution in [0.5, 0.6) is 0 Å². The van der Waals surface area contributed by atoms with Gasteiger partial charge in [0.15, 0.2) is 0 Å². The van der Waals surface area contributed by atoms with Gasteiger partial charge in [-0.25, -0.2) is 0 Å². The fraction of sp³-hybridized carbons (Fsp3) is 0.538. The van der Waals surface area contributed by atoms with Crippen molar-refractivity contribution in [3.63, 3.8) is 0 Å². The average Bonchev–Trinajstić information content (AvgIpc) is 2.99. The standard InChI is InChI=1S/C13H17BrN2O3/c1-10(13(18)16-12(17)4-8-19-16)9-11-3-2-6-15(11)7-5-14/h2-3,6,10H,4-5,7-9H2,1H3/t10-/m1/s1. The van der Waals surface area contributed by atoms with Gasteiger partial charge in [-0.2, -0.15) is 5.06 Å². The lowest BCUT2D eigenvalue weighted by atomic mass is 10.0. The van der Waals surface area contributed by atoms with Crippen LogP contribution in [0.3, 0.4) is 0 Å². The Hall–Kier alpha value is -1.14. The van der Waals surface area contributed by atoms with E-state index in [2.05, 4.69) is 20.5 Å². The summed E-state index contributed by atoms with van der Waals surface area (Å²) in [6.45, 7) is 2.99. The number of hydrogen-bond acceptors (Lipinski definition) is 3. The quantitative estimate of drug-likeness (QED) is 0.774. The molecule has 0 spiro atoms. The van der Waals surface area contributed by atoms with E-state index in [4.69, 9.17) is 4.84 Å². The molecule has 2 amide bonds. The molecule has 5 nitrogen and oxygen atoms in total. The predicted molar refractivity (Wildman–Crippen MR) is 73.5 cm³/mol. The summed E-state index contributed by atoms with van der Waals surface area (Å²) >= 11 is 3.40. The first-order valence-electron chi connectivity index (χ1n) is 6.33. The minimum absolute atomic E-state index is 0.243. The Labute approximate surface area is 120 Å². The van der Waals surface area contributed by atoms with E-state index in [1.165, 1.54) is 0 Å². The van der Waals surface area contributed by atoms with E-state index < -0.39 is 0 Å². The van der Waals surface area contributed by atoms with Crippen molar-refractivity contribution in [1.29, 1.82) is 0 Å². The molecule has 0 aromatic carbocycles. The van der Waals surface area contributed by atoms with E-state index in [0.717, 1.165) is 22.6 Å². The third-order valence-corrected chi connectivity index (χ3v) is 3.50. The van der Waals surface area contributed by atoms with Gasteiger partial charge in [-0.1, -0.05) is 22.9 Å². The fourth-order valence-electron chi connectivity index (χ4n) is 2.13. The number of aryl methyl sites for hydroxylation is 1. The number of imide groups is 1. The molecule has 0 unspecified atom stereocenters. The highest BCUT2D eigenvalue weighted by molar-refractivity contribution is 9.09. The first kappa shape index (κ1) is 14.3. The maximum atomic E-state index is 12.1. The second-order valence-corrected chi connectivity index (χ2v) is 5.39. The molecule has 1 aliphatic rings. The summed E-state index contributed by atoms with van der Waals surface area (Å²) in [7, 11) is 0. The number of alkyl halides is 1. The van der Waals surface area contributed by atoms with Crippen molar-refractivity contribution in [2.24, 2.45) is 5.92 Å². The number of aromatic nitrogens is 1. The summed E-state index contributed by atoms with van der Waals surface area (Å²) < 4.78 is 2.10. The topological polar surface area (TPSA) is 51.5 Å². The highest BCUT2D eigenvalue weighted by atomic mass is 79.9. The lowest BCUT2D eigenvalue weighted by Crippen LogP contribution is -2.36. The van der Waals surface area contributed by atoms with Crippen molar-refractivity contribution >= 4 is 27.7 Å². The fourth-order valence-corrected chi connectivity index (χ4v) is 2.51. The van der Waals surface area contributed by atoms with Crippen LogP contribution < -0.4 is 0 Å². The molecule has 0 bridgehead atoms. The lowest BCUT2D eigenvalue weighted by molar-refractivity contribution is -0.181. The van der Waals surface area contributed by atoms with Gasteiger partial charge >= 0.3 is 0 Å². The highest BCUT2D eigenvalue weighted by Crippen LogP contribution is 2.16. The van der Waals surface area contributed by atoms with Crippen LogP contribution in [0.4, 0.5) is 0 Å². The van der Waals surface area contributed by atoms with Crippen LogP contribution in [0.2, 0.25) is 0 Å². The van der Waals surface area contributed by atoms with E-state index >= 15 is 0 Å². The third-order valence-electron chi connectivity index (χ3n) is 3.15. The molecular formula is C13H17BrN2O3. The van der Waals surface area contributed by atoms with Crippen LogP contribution in [0, 0.1) is 5.92 Å². The largest absolute Gasteiger partial charge is 0.351 e. The van der Waals surface area contributed by atoms with Gasteiger partial charge in [0.1, 0.15) is 0 Å². The summed E-state index contributed by atoms with van der Waals surface area (Å²) in [5, 5.41) is 1.78. The average molecular weight is 329 g/mol. The molecule has 1 atom stereocenters. The molecule has 1 fully saturated rings. The smallest absolute Gasteiger partial charge is 0.256 e. The van der Waals surface area contributed by atoms with Crippen molar-refractivity contribution < 1.29 is 14.4 Å². The summed E-state index contributed by atoms with van der Waals surface area (Å²) in [6.07, 6.45) is 2.88. The predicted octanol–water partition coefficient (Wildman–Crippen LogP) is 1.75. The Balaban J connectivity index is 2.00. The van der Waals surface area contributed by atoms with Gasteiger partial charge in [-0.3, -0.25) is 14.4 Å². The second-order valence-electron chi connectivity index (χ2n) is 4.60. The minimum atomic E-state index is -0.272. The monoisotopic (exact) mass is 328 g/mol. The molecule has 1 aromatic heterocycles. The number of halogens is 1. The Morgan fingerprint density at radius 1 is 1.58 bits per heavy atom. The molecule has 6 heteroatoms. The summed E-state index contributed by atoms with van der Waals surface area (Å²) in [5.74, 6) is -0.771. The van der Waals surface area contributed by atoms with Crippen LogP contribution >= 0.6 is 15.9 Å². The molecule has 1 aliphatic heterocycles. The van der Waals surface area contributed by atoms with Crippen LogP contribution in [0.15, 0.2) is 18.3 Å². The van der Waals surface area contributed by atoms with Crippen LogP contribution in [-0.2, 0) is 27.4 Å². The van der Waals surface area contributed by atoms with Gasteiger partial charge < -0.3 is 4.57 Å². The number of hydroxylamine groups is 2. The van der Waals surface area contributed by atoms with Gasteiger partial charge in [0.05, 0.1) is 13.0 Å². The van der Waals surface area contributed by atoms with Gasteiger partial charge in [0.2, 0.25) is 0 Å². The Bertz CT molecular complexity index is 472. The first-order chi connectivity index (χ1) is 9.13. The zero-order valence-electron chi connectivity index (χ0n) is 10.8. The maximum Gasteiger partial charge on any atom is 0.256 e. The molecule has 0 N–H and O–H groups in total. The molecule has 2 rings (SSSR count).